The third-order valence-electron chi connectivity index (χ3n) is 2.94. The van der Waals surface area contributed by atoms with Crippen molar-refractivity contribution in [2.24, 2.45) is 16.8 Å². The Morgan fingerprint density at radius 2 is 2.30 bits per heavy atom. The first kappa shape index (κ1) is 16.7. The predicted octanol–water partition coefficient (Wildman–Crippen LogP) is 1.88. The molecule has 0 heterocycles. The van der Waals surface area contributed by atoms with Crippen molar-refractivity contribution in [1.29, 1.82) is 0 Å². The first-order valence-electron chi connectivity index (χ1n) is 6.46. The maximum atomic E-state index is 8.73. The van der Waals surface area contributed by atoms with Gasteiger partial charge in [0, 0.05) is 17.7 Å². The summed E-state index contributed by atoms with van der Waals surface area (Å²) in [4.78, 5) is 0. The average Bonchev–Trinajstić information content (AvgIpc) is 2.46. The van der Waals surface area contributed by atoms with E-state index in [2.05, 4.69) is 23.7 Å². The Kier molecular flexibility index (Phi) is 7.25. The fourth-order valence-electron chi connectivity index (χ4n) is 1.93. The van der Waals surface area contributed by atoms with E-state index in [9.17, 15) is 0 Å². The van der Waals surface area contributed by atoms with Crippen LogP contribution in [0.3, 0.4) is 0 Å². The standard InChI is InChI=1S/C14H23N3O2S/c1-10(9-20-3)7-16-8-12-6-11(14(15)17-18)4-5-13(12)19-2/h4-6,10,16,18H,7-9H2,1-3H3,(H2,15,17). The summed E-state index contributed by atoms with van der Waals surface area (Å²) in [5, 5.41) is 15.2. The second kappa shape index (κ2) is 8.71. The van der Waals surface area contributed by atoms with Crippen LogP contribution < -0.4 is 15.8 Å². The Labute approximate surface area is 124 Å². The largest absolute Gasteiger partial charge is 0.496 e. The van der Waals surface area contributed by atoms with Gasteiger partial charge in [0.25, 0.3) is 0 Å². The minimum Gasteiger partial charge on any atom is -0.496 e. The van der Waals surface area contributed by atoms with Gasteiger partial charge in [-0.15, -0.1) is 0 Å². The molecule has 0 aliphatic heterocycles. The zero-order valence-electron chi connectivity index (χ0n) is 12.2. The molecule has 112 valence electrons. The summed E-state index contributed by atoms with van der Waals surface area (Å²) in [5.74, 6) is 2.64. The lowest BCUT2D eigenvalue weighted by Crippen LogP contribution is -2.22. The van der Waals surface area contributed by atoms with E-state index in [0.29, 0.717) is 18.0 Å². The summed E-state index contributed by atoms with van der Waals surface area (Å²) in [7, 11) is 1.64. The smallest absolute Gasteiger partial charge is 0.170 e. The molecule has 0 bridgehead atoms. The molecule has 0 aromatic heterocycles. The predicted molar refractivity (Wildman–Crippen MR) is 84.8 cm³/mol. The summed E-state index contributed by atoms with van der Waals surface area (Å²) >= 11 is 1.85. The monoisotopic (exact) mass is 297 g/mol. The summed E-state index contributed by atoms with van der Waals surface area (Å²) in [6, 6.07) is 5.48. The lowest BCUT2D eigenvalue weighted by molar-refractivity contribution is 0.318. The van der Waals surface area contributed by atoms with Crippen LogP contribution in [-0.4, -0.2) is 36.7 Å². The average molecular weight is 297 g/mol. The van der Waals surface area contributed by atoms with Gasteiger partial charge in [-0.3, -0.25) is 0 Å². The topological polar surface area (TPSA) is 79.9 Å². The molecule has 1 aromatic carbocycles. The van der Waals surface area contributed by atoms with E-state index in [1.807, 2.05) is 23.9 Å². The fraction of sp³-hybridized carbons (Fsp3) is 0.500. The van der Waals surface area contributed by atoms with Crippen LogP contribution in [0, 0.1) is 5.92 Å². The molecule has 0 saturated heterocycles. The SMILES string of the molecule is COc1ccc(/C(N)=N/O)cc1CNCC(C)CSC. The Morgan fingerprint density at radius 1 is 1.55 bits per heavy atom. The molecule has 0 fully saturated rings. The van der Waals surface area contributed by atoms with Gasteiger partial charge >= 0.3 is 0 Å². The lowest BCUT2D eigenvalue weighted by atomic mass is 10.1. The number of nitrogens with one attached hydrogen (secondary N) is 1. The number of oxime groups is 1. The quantitative estimate of drug-likeness (QED) is 0.295. The van der Waals surface area contributed by atoms with E-state index in [1.54, 1.807) is 13.2 Å². The second-order valence-corrected chi connectivity index (χ2v) is 5.61. The summed E-state index contributed by atoms with van der Waals surface area (Å²) < 4.78 is 5.33. The van der Waals surface area contributed by atoms with Gasteiger partial charge in [0.2, 0.25) is 0 Å². The molecule has 0 saturated carbocycles. The van der Waals surface area contributed by atoms with E-state index in [4.69, 9.17) is 15.7 Å². The molecule has 1 unspecified atom stereocenters. The molecule has 5 nitrogen and oxygen atoms in total. The van der Waals surface area contributed by atoms with Crippen LogP contribution in [0.1, 0.15) is 18.1 Å². The highest BCUT2D eigenvalue weighted by atomic mass is 32.2. The first-order valence-corrected chi connectivity index (χ1v) is 7.86. The number of amidine groups is 1. The van der Waals surface area contributed by atoms with Gasteiger partial charge in [0.1, 0.15) is 5.75 Å². The summed E-state index contributed by atoms with van der Waals surface area (Å²) in [5.41, 5.74) is 7.28. The number of rotatable bonds is 8. The highest BCUT2D eigenvalue weighted by molar-refractivity contribution is 7.98. The zero-order valence-corrected chi connectivity index (χ0v) is 13.0. The van der Waals surface area contributed by atoms with Crippen molar-refractivity contribution in [1.82, 2.24) is 5.32 Å². The molecule has 0 aliphatic rings. The van der Waals surface area contributed by atoms with E-state index in [-0.39, 0.29) is 5.84 Å². The zero-order chi connectivity index (χ0) is 15.0. The van der Waals surface area contributed by atoms with Crippen molar-refractivity contribution in [3.05, 3.63) is 29.3 Å². The number of ether oxygens (including phenoxy) is 1. The van der Waals surface area contributed by atoms with Gasteiger partial charge in [-0.2, -0.15) is 11.8 Å². The summed E-state index contributed by atoms with van der Waals surface area (Å²) in [6.45, 7) is 3.85. The maximum absolute atomic E-state index is 8.73. The van der Waals surface area contributed by atoms with Crippen LogP contribution in [0.4, 0.5) is 0 Å². The molecule has 6 heteroatoms. The Bertz CT molecular complexity index is 452. The molecule has 0 aliphatic carbocycles. The van der Waals surface area contributed by atoms with Crippen molar-refractivity contribution >= 4 is 17.6 Å². The van der Waals surface area contributed by atoms with Crippen molar-refractivity contribution in [3.63, 3.8) is 0 Å². The van der Waals surface area contributed by atoms with Crippen LogP contribution in [0.15, 0.2) is 23.4 Å². The maximum Gasteiger partial charge on any atom is 0.170 e. The molecule has 1 rings (SSSR count). The number of nitrogens with zero attached hydrogens (tertiary/aromatic N) is 1. The number of benzene rings is 1. The Morgan fingerprint density at radius 3 is 2.90 bits per heavy atom. The molecular weight excluding hydrogens is 274 g/mol. The number of nitrogens with two attached hydrogens (primary N) is 1. The molecule has 20 heavy (non-hydrogen) atoms. The summed E-state index contributed by atoms with van der Waals surface area (Å²) in [6.07, 6.45) is 2.11. The molecule has 4 N–H and O–H groups in total. The number of hydrogen-bond acceptors (Lipinski definition) is 5. The highest BCUT2D eigenvalue weighted by Crippen LogP contribution is 2.20. The highest BCUT2D eigenvalue weighted by Gasteiger charge is 2.08. The van der Waals surface area contributed by atoms with Crippen molar-refractivity contribution in [2.75, 3.05) is 25.7 Å². The molecule has 0 spiro atoms. The minimum absolute atomic E-state index is 0.102. The van der Waals surface area contributed by atoms with Gasteiger partial charge in [-0.25, -0.2) is 0 Å². The van der Waals surface area contributed by atoms with Gasteiger partial charge in [0.05, 0.1) is 7.11 Å². The lowest BCUT2D eigenvalue weighted by Gasteiger charge is -2.14. The Hall–Kier alpha value is -1.40. The van der Waals surface area contributed by atoms with Crippen LogP contribution >= 0.6 is 11.8 Å². The van der Waals surface area contributed by atoms with E-state index >= 15 is 0 Å². The van der Waals surface area contributed by atoms with E-state index < -0.39 is 0 Å². The molecular formula is C14H23N3O2S. The third kappa shape index (κ3) is 4.94. The normalized spacial score (nSPS) is 13.2. The van der Waals surface area contributed by atoms with Gasteiger partial charge in [0.15, 0.2) is 5.84 Å². The van der Waals surface area contributed by atoms with Gasteiger partial charge in [-0.05, 0) is 42.7 Å². The van der Waals surface area contributed by atoms with Gasteiger partial charge < -0.3 is 21.0 Å². The molecule has 1 aromatic rings. The molecule has 0 amide bonds. The molecule has 1 atom stereocenters. The second-order valence-electron chi connectivity index (χ2n) is 4.70. The van der Waals surface area contributed by atoms with E-state index in [0.717, 1.165) is 23.6 Å². The fourth-order valence-corrected chi connectivity index (χ4v) is 2.62. The van der Waals surface area contributed by atoms with Crippen LogP contribution in [0.2, 0.25) is 0 Å². The van der Waals surface area contributed by atoms with Crippen molar-refractivity contribution < 1.29 is 9.94 Å². The van der Waals surface area contributed by atoms with Crippen molar-refractivity contribution in [3.8, 4) is 5.75 Å². The third-order valence-corrected chi connectivity index (χ3v) is 3.85. The minimum atomic E-state index is 0.102. The number of thioether (sulfide) groups is 1. The van der Waals surface area contributed by atoms with Crippen LogP contribution in [0.25, 0.3) is 0 Å². The van der Waals surface area contributed by atoms with Crippen molar-refractivity contribution in [2.45, 2.75) is 13.5 Å². The van der Waals surface area contributed by atoms with Gasteiger partial charge in [-0.1, -0.05) is 12.1 Å². The Balaban J connectivity index is 2.71. The number of methoxy groups -OCH3 is 1. The van der Waals surface area contributed by atoms with Crippen LogP contribution in [0.5, 0.6) is 5.75 Å². The molecule has 0 radical (unpaired) electrons. The van der Waals surface area contributed by atoms with E-state index in [1.165, 1.54) is 0 Å². The van der Waals surface area contributed by atoms with Crippen LogP contribution in [-0.2, 0) is 6.54 Å². The number of hydrogen-bond donors (Lipinski definition) is 3. The first-order chi connectivity index (χ1) is 9.62.